The van der Waals surface area contributed by atoms with Crippen molar-refractivity contribution in [2.45, 2.75) is 172 Å². The van der Waals surface area contributed by atoms with E-state index in [4.69, 9.17) is 75.8 Å². The van der Waals surface area contributed by atoms with Crippen molar-refractivity contribution in [1.29, 1.82) is 0 Å². The molecule has 6 aliphatic rings. The third-order valence-corrected chi connectivity index (χ3v) is 12.1. The molecule has 0 spiro atoms. The second kappa shape index (κ2) is 26.1. The molecule has 4 amide bonds. The Morgan fingerprint density at radius 3 is 1.67 bits per heavy atom. The minimum Gasteiger partial charge on any atom is -0.491 e. The summed E-state index contributed by atoms with van der Waals surface area (Å²) in [4.78, 5) is 64.3. The van der Waals surface area contributed by atoms with Crippen LogP contribution in [0.3, 0.4) is 0 Å². The summed E-state index contributed by atoms with van der Waals surface area (Å²) in [5.74, 6) is -3.81. The van der Waals surface area contributed by atoms with Crippen molar-refractivity contribution in [2.75, 3.05) is 85.8 Å². The largest absolute Gasteiger partial charge is 0.491 e. The van der Waals surface area contributed by atoms with Crippen LogP contribution in [0.25, 0.3) is 0 Å². The fraction of sp³-hybridized carbons (Fsp3) is 0.784. The van der Waals surface area contributed by atoms with Crippen molar-refractivity contribution < 1.29 is 99.8 Å². The molecule has 7 rings (SSSR count). The first-order valence-corrected chi connectivity index (χ1v) is 25.9. The molecule has 6 fully saturated rings. The van der Waals surface area contributed by atoms with Gasteiger partial charge in [-0.2, -0.15) is 0 Å². The van der Waals surface area contributed by atoms with Gasteiger partial charge in [0.1, 0.15) is 72.4 Å². The van der Waals surface area contributed by atoms with E-state index < -0.39 is 120 Å². The Labute approximate surface area is 443 Å². The number of fused-ring (bicyclic) bond motifs is 8. The summed E-state index contributed by atoms with van der Waals surface area (Å²) in [6.45, 7) is 19.6. The lowest BCUT2D eigenvalue weighted by Gasteiger charge is -2.37. The van der Waals surface area contributed by atoms with Crippen LogP contribution in [0.15, 0.2) is 24.3 Å². The summed E-state index contributed by atoms with van der Waals surface area (Å²) in [7, 11) is 0. The van der Waals surface area contributed by atoms with Gasteiger partial charge in [-0.05, 0) is 87.4 Å². The Kier molecular flexibility index (Phi) is 20.3. The van der Waals surface area contributed by atoms with Crippen molar-refractivity contribution >= 4 is 29.8 Å². The van der Waals surface area contributed by atoms with E-state index in [-0.39, 0.29) is 84.9 Å². The Morgan fingerprint density at radius 1 is 0.632 bits per heavy atom. The smallest absolute Gasteiger partial charge is 0.408 e. The summed E-state index contributed by atoms with van der Waals surface area (Å²) in [6.07, 6.45) is -5.97. The third kappa shape index (κ3) is 17.3. The van der Waals surface area contributed by atoms with Gasteiger partial charge in [-0.3, -0.25) is 19.2 Å². The Hall–Kier alpha value is -4.35. The molecule has 11 atom stereocenters. The average molecular weight is 1080 g/mol. The van der Waals surface area contributed by atoms with E-state index in [0.29, 0.717) is 24.5 Å². The molecule has 6 aliphatic heterocycles. The van der Waals surface area contributed by atoms with E-state index in [1.54, 1.807) is 65.8 Å². The standard InChI is InChI=1S/C51H78N4O21/c1-48(2,3)71-34(56)14-15-52-43(58)35(55-47(60)76-49(4,5)6)44(59)53-16-17-61-18-19-62-20-21-63-22-23-64-31-13-11-12-29(24-31)42(57)54-30(25-65-36-32-27-67-45(69-32)40-38(36)72-50(7,8)74-40)26-66-37-33-28-68-46(70-33)41-39(37)73-51(9,10)75-41/h11-13,24,30,32-33,35-41,45-46H,14-23,25-28H2,1-10H3,(H,52,58)(H,53,59)(H,54,57)(H,55,60)/t32-,33-,35?,36-,37-,38+,39+,40+,41+,45-,46-/m1/s1. The molecule has 1 aromatic carbocycles. The van der Waals surface area contributed by atoms with Gasteiger partial charge in [-0.15, -0.1) is 0 Å². The second-order valence-electron chi connectivity index (χ2n) is 21.9. The number of hydrogen-bond donors (Lipinski definition) is 4. The van der Waals surface area contributed by atoms with E-state index in [1.807, 2.05) is 27.7 Å². The first-order chi connectivity index (χ1) is 35.9. The number of amides is 4. The van der Waals surface area contributed by atoms with E-state index >= 15 is 0 Å². The topological polar surface area (TPSA) is 281 Å². The molecule has 4 N–H and O–H groups in total. The predicted octanol–water partition coefficient (Wildman–Crippen LogP) is 1.39. The molecule has 4 bridgehead atoms. The van der Waals surface area contributed by atoms with Crippen molar-refractivity contribution in [1.82, 2.24) is 21.3 Å². The van der Waals surface area contributed by atoms with E-state index in [1.165, 1.54) is 0 Å². The van der Waals surface area contributed by atoms with Crippen LogP contribution in [0.1, 0.15) is 86.0 Å². The highest BCUT2D eigenvalue weighted by Gasteiger charge is 2.61. The maximum atomic E-state index is 13.9. The van der Waals surface area contributed by atoms with E-state index in [2.05, 4.69) is 21.3 Å². The van der Waals surface area contributed by atoms with Gasteiger partial charge in [0.05, 0.1) is 78.5 Å². The van der Waals surface area contributed by atoms with Crippen molar-refractivity contribution in [3.8, 4) is 5.75 Å². The Morgan fingerprint density at radius 2 is 1.13 bits per heavy atom. The predicted molar refractivity (Wildman–Crippen MR) is 262 cm³/mol. The highest BCUT2D eigenvalue weighted by molar-refractivity contribution is 6.06. The quantitative estimate of drug-likeness (QED) is 0.0550. The van der Waals surface area contributed by atoms with Gasteiger partial charge in [-0.1, -0.05) is 6.07 Å². The number of carbonyl (C=O) groups is 5. The molecular weight excluding hydrogens is 1000 g/mol. The zero-order chi connectivity index (χ0) is 54.8. The van der Waals surface area contributed by atoms with Gasteiger partial charge >= 0.3 is 12.1 Å². The van der Waals surface area contributed by atoms with Crippen LogP contribution in [0.5, 0.6) is 5.75 Å². The number of hydrogen-bond acceptors (Lipinski definition) is 21. The number of esters is 1. The summed E-state index contributed by atoms with van der Waals surface area (Å²) >= 11 is 0. The second-order valence-corrected chi connectivity index (χ2v) is 21.9. The van der Waals surface area contributed by atoms with Crippen LogP contribution in [0.2, 0.25) is 0 Å². The number of alkyl carbamates (subject to hydrolysis) is 1. The van der Waals surface area contributed by atoms with Crippen molar-refractivity contribution in [2.24, 2.45) is 0 Å². The summed E-state index contributed by atoms with van der Waals surface area (Å²) < 4.78 is 95.0. The lowest BCUT2D eigenvalue weighted by atomic mass is 10.0. The molecule has 25 nitrogen and oxygen atoms in total. The molecular formula is C51H78N4O21. The third-order valence-electron chi connectivity index (χ3n) is 12.1. The van der Waals surface area contributed by atoms with Crippen LogP contribution < -0.4 is 26.0 Å². The summed E-state index contributed by atoms with van der Waals surface area (Å²) in [6, 6.07) is 4.49. The average Bonchev–Trinajstić information content (AvgIpc) is 4.12. The number of carbonyl (C=O) groups excluding carboxylic acids is 5. The van der Waals surface area contributed by atoms with Gasteiger partial charge < -0.3 is 97.1 Å². The van der Waals surface area contributed by atoms with Crippen molar-refractivity contribution in [3.05, 3.63) is 29.8 Å². The molecule has 6 saturated heterocycles. The first-order valence-electron chi connectivity index (χ1n) is 25.9. The van der Waals surface area contributed by atoms with Gasteiger partial charge in [0.25, 0.3) is 17.7 Å². The molecule has 25 heteroatoms. The van der Waals surface area contributed by atoms with E-state index in [0.717, 1.165) is 0 Å². The van der Waals surface area contributed by atoms with Gasteiger partial charge in [0.15, 0.2) is 30.2 Å². The van der Waals surface area contributed by atoms with Crippen LogP contribution in [0, 0.1) is 0 Å². The van der Waals surface area contributed by atoms with Gasteiger partial charge in [0.2, 0.25) is 0 Å². The zero-order valence-electron chi connectivity index (χ0n) is 45.2. The van der Waals surface area contributed by atoms with E-state index in [9.17, 15) is 24.0 Å². The monoisotopic (exact) mass is 1080 g/mol. The summed E-state index contributed by atoms with van der Waals surface area (Å²) in [5, 5.41) is 10.4. The minimum atomic E-state index is -1.64. The Balaban J connectivity index is 0.798. The summed E-state index contributed by atoms with van der Waals surface area (Å²) in [5.41, 5.74) is -1.23. The van der Waals surface area contributed by atoms with Gasteiger partial charge in [0, 0.05) is 18.7 Å². The molecule has 0 radical (unpaired) electrons. The van der Waals surface area contributed by atoms with Crippen LogP contribution >= 0.6 is 0 Å². The normalized spacial score (nSPS) is 28.2. The number of rotatable bonds is 27. The Bertz CT molecular complexity index is 2060. The lowest BCUT2D eigenvalue weighted by molar-refractivity contribution is -0.213. The maximum absolute atomic E-state index is 13.9. The van der Waals surface area contributed by atoms with Crippen LogP contribution in [0.4, 0.5) is 4.79 Å². The fourth-order valence-corrected chi connectivity index (χ4v) is 9.11. The molecule has 6 heterocycles. The van der Waals surface area contributed by atoms with Crippen molar-refractivity contribution in [3.63, 3.8) is 0 Å². The SMILES string of the molecule is CC(C)(C)OC(=O)CCNC(=O)C(NC(=O)OC(C)(C)C)C(=O)NCCOCCOCCOCCOc1cccc(C(=O)NC(CO[C@H]2[C@@H]3OC(C)(C)O[C@@H]3[C@@H]3OC[C@H]2O3)CO[C@H]2[C@@H]3OC(C)(C)O[C@@H]3[C@@H]3OC[C@H]2O3)c1. The minimum absolute atomic E-state index is 0.0252. The molecule has 428 valence electrons. The number of nitrogens with one attached hydrogen (secondary N) is 4. The highest BCUT2D eigenvalue weighted by atomic mass is 16.8. The zero-order valence-corrected chi connectivity index (χ0v) is 45.2. The lowest BCUT2D eigenvalue weighted by Crippen LogP contribution is -2.56. The molecule has 0 saturated carbocycles. The molecule has 0 aliphatic carbocycles. The molecule has 76 heavy (non-hydrogen) atoms. The first kappa shape index (κ1) is 59.3. The fourth-order valence-electron chi connectivity index (χ4n) is 9.11. The van der Waals surface area contributed by atoms with Gasteiger partial charge in [-0.25, -0.2) is 4.79 Å². The number of benzene rings is 1. The molecule has 0 aromatic heterocycles. The van der Waals surface area contributed by atoms with Crippen LogP contribution in [-0.2, 0) is 85.4 Å². The molecule has 1 unspecified atom stereocenters. The van der Waals surface area contributed by atoms with Crippen LogP contribution in [-0.4, -0.2) is 212 Å². The molecule has 1 aromatic rings. The number of ether oxygens (including phenoxy) is 16. The maximum Gasteiger partial charge on any atom is 0.408 e. The highest BCUT2D eigenvalue weighted by Crippen LogP contribution is 2.43.